The molecular weight excluding hydrogens is 323 g/mol. The number of hydrogen-bond donors (Lipinski definition) is 0. The second kappa shape index (κ2) is 7.34. The molecule has 0 N–H and O–H groups in total. The predicted molar refractivity (Wildman–Crippen MR) is 89.4 cm³/mol. The number of carbonyl (C=O) groups excluding carboxylic acids is 1. The van der Waals surface area contributed by atoms with Gasteiger partial charge < -0.3 is 9.47 Å². The summed E-state index contributed by atoms with van der Waals surface area (Å²) in [6.45, 7) is 0. The molecule has 2 aromatic rings. The van der Waals surface area contributed by atoms with Gasteiger partial charge in [-0.15, -0.1) is 0 Å². The predicted octanol–water partition coefficient (Wildman–Crippen LogP) is 4.91. The van der Waals surface area contributed by atoms with Crippen molar-refractivity contribution in [2.45, 2.75) is 0 Å². The van der Waals surface area contributed by atoms with Gasteiger partial charge in [0.25, 0.3) is 0 Å². The lowest BCUT2D eigenvalue weighted by Gasteiger charge is -2.07. The average molecular weight is 337 g/mol. The molecule has 22 heavy (non-hydrogen) atoms. The van der Waals surface area contributed by atoms with E-state index in [4.69, 9.17) is 32.7 Å². The van der Waals surface area contributed by atoms with E-state index in [-0.39, 0.29) is 5.78 Å². The summed E-state index contributed by atoms with van der Waals surface area (Å²) in [6.07, 6.45) is 3.08. The molecule has 2 aromatic carbocycles. The van der Waals surface area contributed by atoms with Crippen LogP contribution >= 0.6 is 23.2 Å². The number of halogens is 2. The molecule has 0 bridgehead atoms. The van der Waals surface area contributed by atoms with Gasteiger partial charge >= 0.3 is 0 Å². The van der Waals surface area contributed by atoms with Gasteiger partial charge in [-0.2, -0.15) is 0 Å². The molecule has 0 aliphatic carbocycles. The first kappa shape index (κ1) is 16.4. The Labute approximate surface area is 139 Å². The highest BCUT2D eigenvalue weighted by atomic mass is 35.5. The fourth-order valence-electron chi connectivity index (χ4n) is 1.91. The van der Waals surface area contributed by atoms with Crippen LogP contribution in [0.5, 0.6) is 11.5 Å². The largest absolute Gasteiger partial charge is 0.497 e. The molecule has 114 valence electrons. The van der Waals surface area contributed by atoms with Gasteiger partial charge in [0.2, 0.25) is 0 Å². The van der Waals surface area contributed by atoms with Crippen molar-refractivity contribution >= 4 is 35.1 Å². The maximum absolute atomic E-state index is 12.2. The normalized spacial score (nSPS) is 10.7. The highest BCUT2D eigenvalue weighted by molar-refractivity contribution is 6.36. The van der Waals surface area contributed by atoms with Gasteiger partial charge in [0.1, 0.15) is 11.5 Å². The third-order valence-corrected chi connectivity index (χ3v) is 3.61. The molecule has 0 fully saturated rings. The third kappa shape index (κ3) is 3.81. The fraction of sp³-hybridized carbons (Fsp3) is 0.118. The fourth-order valence-corrected chi connectivity index (χ4v) is 2.29. The second-order valence-corrected chi connectivity index (χ2v) is 5.27. The van der Waals surface area contributed by atoms with Gasteiger partial charge in [0, 0.05) is 16.1 Å². The first-order valence-electron chi connectivity index (χ1n) is 6.44. The van der Waals surface area contributed by atoms with E-state index >= 15 is 0 Å². The number of ketones is 1. The van der Waals surface area contributed by atoms with Crippen LogP contribution in [0.25, 0.3) is 6.08 Å². The molecule has 0 atom stereocenters. The summed E-state index contributed by atoms with van der Waals surface area (Å²) < 4.78 is 10.4. The van der Waals surface area contributed by atoms with E-state index in [0.717, 1.165) is 5.56 Å². The van der Waals surface area contributed by atoms with Crippen LogP contribution in [0.15, 0.2) is 42.5 Å². The highest BCUT2D eigenvalue weighted by Gasteiger charge is 2.09. The minimum absolute atomic E-state index is 0.239. The lowest BCUT2D eigenvalue weighted by molar-refractivity contribution is 0.104. The van der Waals surface area contributed by atoms with Gasteiger partial charge in [0.15, 0.2) is 5.78 Å². The van der Waals surface area contributed by atoms with E-state index in [9.17, 15) is 4.79 Å². The Morgan fingerprint density at radius 3 is 2.50 bits per heavy atom. The summed E-state index contributed by atoms with van der Waals surface area (Å²) in [4.78, 5) is 12.2. The standard InChI is InChI=1S/C17H14Cl2O3/c1-21-13-5-8-17(22-2)11(9-13)3-7-16(20)14-10-12(18)4-6-15(14)19/h3-10H,1-2H3. The Morgan fingerprint density at radius 1 is 1.05 bits per heavy atom. The molecule has 0 aromatic heterocycles. The van der Waals surface area contributed by atoms with Crippen LogP contribution in [0.3, 0.4) is 0 Å². The van der Waals surface area contributed by atoms with E-state index in [1.165, 1.54) is 6.08 Å². The van der Waals surface area contributed by atoms with Gasteiger partial charge in [-0.05, 0) is 48.6 Å². The van der Waals surface area contributed by atoms with Crippen LogP contribution in [-0.2, 0) is 0 Å². The molecule has 5 heteroatoms. The van der Waals surface area contributed by atoms with E-state index in [1.54, 1.807) is 56.7 Å². The molecule has 0 unspecified atom stereocenters. The van der Waals surface area contributed by atoms with Crippen molar-refractivity contribution in [3.8, 4) is 11.5 Å². The Bertz CT molecular complexity index is 724. The van der Waals surface area contributed by atoms with Crippen LogP contribution in [0.4, 0.5) is 0 Å². The van der Waals surface area contributed by atoms with Crippen LogP contribution < -0.4 is 9.47 Å². The maximum Gasteiger partial charge on any atom is 0.187 e. The smallest absolute Gasteiger partial charge is 0.187 e. The minimum atomic E-state index is -0.239. The van der Waals surface area contributed by atoms with Gasteiger partial charge in [-0.1, -0.05) is 23.2 Å². The van der Waals surface area contributed by atoms with Crippen molar-refractivity contribution in [1.82, 2.24) is 0 Å². The summed E-state index contributed by atoms with van der Waals surface area (Å²) in [5.41, 5.74) is 1.08. The Hall–Kier alpha value is -1.97. The van der Waals surface area contributed by atoms with E-state index in [1.807, 2.05) is 0 Å². The van der Waals surface area contributed by atoms with Gasteiger partial charge in [0.05, 0.1) is 19.2 Å². The number of carbonyl (C=O) groups is 1. The molecule has 0 aliphatic heterocycles. The van der Waals surface area contributed by atoms with Crippen molar-refractivity contribution in [3.63, 3.8) is 0 Å². The van der Waals surface area contributed by atoms with Crippen molar-refractivity contribution in [1.29, 1.82) is 0 Å². The SMILES string of the molecule is COc1ccc(OC)c(C=CC(=O)c2cc(Cl)ccc2Cl)c1. The zero-order chi connectivity index (χ0) is 16.1. The van der Waals surface area contributed by atoms with E-state index in [0.29, 0.717) is 27.1 Å². The molecule has 0 heterocycles. The first-order valence-corrected chi connectivity index (χ1v) is 7.20. The van der Waals surface area contributed by atoms with Crippen LogP contribution in [0, 0.1) is 0 Å². The summed E-state index contributed by atoms with van der Waals surface area (Å²) in [6, 6.07) is 10.1. The Morgan fingerprint density at radius 2 is 1.82 bits per heavy atom. The van der Waals surface area contributed by atoms with Crippen molar-refractivity contribution in [2.24, 2.45) is 0 Å². The molecule has 0 spiro atoms. The van der Waals surface area contributed by atoms with Crippen molar-refractivity contribution in [2.75, 3.05) is 14.2 Å². The lowest BCUT2D eigenvalue weighted by atomic mass is 10.1. The number of allylic oxidation sites excluding steroid dienone is 1. The second-order valence-electron chi connectivity index (χ2n) is 4.43. The van der Waals surface area contributed by atoms with Crippen LogP contribution in [0.1, 0.15) is 15.9 Å². The summed E-state index contributed by atoms with van der Waals surface area (Å²) in [5, 5.41) is 0.816. The average Bonchev–Trinajstić information content (AvgIpc) is 2.54. The van der Waals surface area contributed by atoms with Gasteiger partial charge in [-0.25, -0.2) is 0 Å². The topological polar surface area (TPSA) is 35.5 Å². The first-order chi connectivity index (χ1) is 10.5. The molecule has 0 aliphatic rings. The zero-order valence-corrected chi connectivity index (χ0v) is 13.6. The zero-order valence-electron chi connectivity index (χ0n) is 12.1. The van der Waals surface area contributed by atoms with Crippen molar-refractivity contribution < 1.29 is 14.3 Å². The highest BCUT2D eigenvalue weighted by Crippen LogP contribution is 2.26. The number of methoxy groups -OCH3 is 2. The lowest BCUT2D eigenvalue weighted by Crippen LogP contribution is -1.96. The molecule has 2 rings (SSSR count). The van der Waals surface area contributed by atoms with E-state index in [2.05, 4.69) is 0 Å². The van der Waals surface area contributed by atoms with Crippen LogP contribution in [-0.4, -0.2) is 20.0 Å². The molecule has 0 amide bonds. The summed E-state index contributed by atoms with van der Waals surface area (Å²) in [5.74, 6) is 1.08. The molecule has 0 radical (unpaired) electrons. The Balaban J connectivity index is 2.31. The Kier molecular flexibility index (Phi) is 5.47. The molecule has 0 saturated heterocycles. The monoisotopic (exact) mass is 336 g/mol. The number of hydrogen-bond acceptors (Lipinski definition) is 3. The van der Waals surface area contributed by atoms with Crippen molar-refractivity contribution in [3.05, 3.63) is 63.6 Å². The maximum atomic E-state index is 12.2. The number of benzene rings is 2. The van der Waals surface area contributed by atoms with Gasteiger partial charge in [-0.3, -0.25) is 4.79 Å². The quantitative estimate of drug-likeness (QED) is 0.575. The molecular formula is C17H14Cl2O3. The summed E-state index contributed by atoms with van der Waals surface area (Å²) >= 11 is 11.9. The van der Waals surface area contributed by atoms with Crippen LogP contribution in [0.2, 0.25) is 10.0 Å². The summed E-state index contributed by atoms with van der Waals surface area (Å²) in [7, 11) is 3.14. The molecule has 3 nitrogen and oxygen atoms in total. The number of rotatable bonds is 5. The number of ether oxygens (including phenoxy) is 2. The third-order valence-electron chi connectivity index (χ3n) is 3.05. The molecule has 0 saturated carbocycles. The minimum Gasteiger partial charge on any atom is -0.497 e. The van der Waals surface area contributed by atoms with E-state index < -0.39 is 0 Å².